The van der Waals surface area contributed by atoms with E-state index in [1.54, 1.807) is 18.3 Å². The van der Waals surface area contributed by atoms with Gasteiger partial charge in [0.2, 0.25) is 17.7 Å². The Kier molecular flexibility index (Phi) is 9.73. The van der Waals surface area contributed by atoms with Crippen molar-refractivity contribution in [2.24, 2.45) is 5.73 Å². The molecule has 0 bridgehead atoms. The van der Waals surface area contributed by atoms with Crippen molar-refractivity contribution >= 4 is 40.6 Å². The van der Waals surface area contributed by atoms with Crippen molar-refractivity contribution in [2.75, 3.05) is 6.54 Å². The molecule has 1 heterocycles. The van der Waals surface area contributed by atoms with Gasteiger partial charge < -0.3 is 42.0 Å². The van der Waals surface area contributed by atoms with E-state index in [4.69, 9.17) is 10.8 Å². The van der Waals surface area contributed by atoms with Gasteiger partial charge in [0.25, 0.3) is 0 Å². The van der Waals surface area contributed by atoms with Crippen molar-refractivity contribution in [3.8, 4) is 0 Å². The number of carbonyl (C=O) groups is 5. The Morgan fingerprint density at radius 1 is 1.03 bits per heavy atom. The number of hydrogen-bond donors (Lipinski definition) is 8. The molecule has 0 fully saturated rings. The maximum absolute atomic E-state index is 12.8. The Morgan fingerprint density at radius 3 is 2.34 bits per heavy atom. The summed E-state index contributed by atoms with van der Waals surface area (Å²) in [5.41, 5.74) is 6.91. The summed E-state index contributed by atoms with van der Waals surface area (Å²) >= 11 is 0. The monoisotopic (exact) mass is 491 g/mol. The molecular weight excluding hydrogens is 462 g/mol. The van der Waals surface area contributed by atoms with E-state index < -0.39 is 66.9 Å². The Labute approximate surface area is 200 Å². The van der Waals surface area contributed by atoms with E-state index in [9.17, 15) is 34.2 Å². The molecule has 0 aliphatic heterocycles. The van der Waals surface area contributed by atoms with Crippen LogP contribution in [0.15, 0.2) is 30.5 Å². The minimum absolute atomic E-state index is 0.0576. The molecule has 1 aromatic carbocycles. The van der Waals surface area contributed by atoms with Crippen LogP contribution in [0.3, 0.4) is 0 Å². The van der Waals surface area contributed by atoms with Crippen LogP contribution < -0.4 is 21.7 Å². The fourth-order valence-corrected chi connectivity index (χ4v) is 3.28. The first-order chi connectivity index (χ1) is 16.5. The molecule has 0 saturated heterocycles. The first kappa shape index (κ1) is 27.3. The number of H-pyrrole nitrogens is 1. The van der Waals surface area contributed by atoms with Crippen LogP contribution in [0.2, 0.25) is 0 Å². The molecule has 0 aliphatic rings. The number of carboxylic acids is 2. The van der Waals surface area contributed by atoms with Crippen LogP contribution in [0.4, 0.5) is 0 Å². The van der Waals surface area contributed by atoms with Gasteiger partial charge in [-0.15, -0.1) is 0 Å². The Hall–Kier alpha value is -3.97. The molecule has 13 heteroatoms. The van der Waals surface area contributed by atoms with Crippen molar-refractivity contribution in [2.45, 2.75) is 50.4 Å². The van der Waals surface area contributed by atoms with Gasteiger partial charge in [-0.25, -0.2) is 4.79 Å². The van der Waals surface area contributed by atoms with Gasteiger partial charge in [0.05, 0.1) is 12.6 Å². The highest BCUT2D eigenvalue weighted by molar-refractivity contribution is 5.93. The number of aliphatic hydroxyl groups is 1. The van der Waals surface area contributed by atoms with E-state index in [-0.39, 0.29) is 12.8 Å². The van der Waals surface area contributed by atoms with Crippen LogP contribution in [0.1, 0.15) is 25.3 Å². The standard InChI is InChI=1S/C22H29N5O8/c1-11(28)19(23)21(33)25-10-17(29)26-15(6-7-18(30)31)20(32)27-16(22(34)35)8-12-9-24-14-5-3-2-4-13(12)14/h2-5,9,11,15-16,19,24,28H,6-8,10,23H2,1H3,(H,25,33)(H,26,29)(H,27,32)(H,30,31)(H,34,35). The van der Waals surface area contributed by atoms with Gasteiger partial charge in [-0.1, -0.05) is 18.2 Å². The number of para-hydroxylation sites is 1. The Morgan fingerprint density at radius 2 is 1.71 bits per heavy atom. The number of aliphatic hydroxyl groups excluding tert-OH is 1. The normalized spacial score (nSPS) is 14.4. The van der Waals surface area contributed by atoms with E-state index in [0.29, 0.717) is 5.56 Å². The van der Waals surface area contributed by atoms with E-state index in [2.05, 4.69) is 20.9 Å². The number of nitrogens with one attached hydrogen (secondary N) is 4. The molecule has 2 aromatic rings. The number of nitrogens with two attached hydrogens (primary N) is 1. The maximum Gasteiger partial charge on any atom is 0.326 e. The molecule has 9 N–H and O–H groups in total. The molecule has 0 aliphatic carbocycles. The molecule has 35 heavy (non-hydrogen) atoms. The molecule has 13 nitrogen and oxygen atoms in total. The molecule has 0 spiro atoms. The molecule has 0 radical (unpaired) electrons. The summed E-state index contributed by atoms with van der Waals surface area (Å²) in [6.45, 7) is 0.708. The quantitative estimate of drug-likeness (QED) is 0.162. The molecule has 3 amide bonds. The summed E-state index contributed by atoms with van der Waals surface area (Å²) < 4.78 is 0. The second-order valence-electron chi connectivity index (χ2n) is 8.00. The summed E-state index contributed by atoms with van der Waals surface area (Å²) in [7, 11) is 0. The number of amides is 3. The van der Waals surface area contributed by atoms with Crippen molar-refractivity contribution < 1.29 is 39.3 Å². The zero-order valence-corrected chi connectivity index (χ0v) is 19.0. The summed E-state index contributed by atoms with van der Waals surface area (Å²) in [4.78, 5) is 62.7. The lowest BCUT2D eigenvalue weighted by atomic mass is 10.0. The number of hydrogen-bond acceptors (Lipinski definition) is 7. The van der Waals surface area contributed by atoms with Crippen LogP contribution in [-0.2, 0) is 30.4 Å². The van der Waals surface area contributed by atoms with Gasteiger partial charge in [0.1, 0.15) is 18.1 Å². The SMILES string of the molecule is CC(O)C(N)C(=O)NCC(=O)NC(CCC(=O)O)C(=O)NC(Cc1c[nH]c2ccccc12)C(=O)O. The predicted octanol–water partition coefficient (Wildman–Crippen LogP) is -1.55. The van der Waals surface area contributed by atoms with Crippen LogP contribution in [0, 0.1) is 0 Å². The number of aromatic nitrogens is 1. The highest BCUT2D eigenvalue weighted by atomic mass is 16.4. The van der Waals surface area contributed by atoms with Crippen molar-refractivity contribution in [1.82, 2.24) is 20.9 Å². The minimum Gasteiger partial charge on any atom is -0.481 e. The lowest BCUT2D eigenvalue weighted by molar-refractivity contribution is -0.143. The first-order valence-corrected chi connectivity index (χ1v) is 10.8. The summed E-state index contributed by atoms with van der Waals surface area (Å²) in [5.74, 6) is -5.05. The van der Waals surface area contributed by atoms with Crippen molar-refractivity contribution in [3.05, 3.63) is 36.0 Å². The van der Waals surface area contributed by atoms with E-state index in [1.807, 2.05) is 12.1 Å². The zero-order valence-electron chi connectivity index (χ0n) is 19.0. The molecule has 4 unspecified atom stereocenters. The summed E-state index contributed by atoms with van der Waals surface area (Å²) in [5, 5.41) is 35.6. The smallest absolute Gasteiger partial charge is 0.326 e. The van der Waals surface area contributed by atoms with E-state index in [0.717, 1.165) is 10.9 Å². The van der Waals surface area contributed by atoms with Crippen LogP contribution in [-0.4, -0.2) is 80.7 Å². The fraction of sp³-hybridized carbons (Fsp3) is 0.409. The molecular formula is C22H29N5O8. The van der Waals surface area contributed by atoms with Crippen molar-refractivity contribution in [1.29, 1.82) is 0 Å². The number of aromatic amines is 1. The summed E-state index contributed by atoms with van der Waals surface area (Å²) in [6, 6.07) is 3.23. The molecule has 1 aromatic heterocycles. The molecule has 2 rings (SSSR count). The van der Waals surface area contributed by atoms with E-state index in [1.165, 1.54) is 6.92 Å². The third-order valence-corrected chi connectivity index (χ3v) is 5.26. The Bertz CT molecular complexity index is 1080. The van der Waals surface area contributed by atoms with E-state index >= 15 is 0 Å². The van der Waals surface area contributed by atoms with Gasteiger partial charge in [-0.05, 0) is 25.0 Å². The van der Waals surface area contributed by atoms with Crippen LogP contribution in [0.25, 0.3) is 10.9 Å². The van der Waals surface area contributed by atoms with Gasteiger partial charge >= 0.3 is 11.9 Å². The van der Waals surface area contributed by atoms with Crippen LogP contribution in [0.5, 0.6) is 0 Å². The number of fused-ring (bicyclic) bond motifs is 1. The summed E-state index contributed by atoms with van der Waals surface area (Å²) in [6.07, 6.45) is -0.363. The second-order valence-corrected chi connectivity index (χ2v) is 8.00. The van der Waals surface area contributed by atoms with Gasteiger partial charge in [0, 0.05) is 29.9 Å². The minimum atomic E-state index is -1.37. The molecule has 4 atom stereocenters. The fourth-order valence-electron chi connectivity index (χ4n) is 3.28. The average molecular weight is 492 g/mol. The largest absolute Gasteiger partial charge is 0.481 e. The number of rotatable bonds is 13. The van der Waals surface area contributed by atoms with Gasteiger partial charge in [-0.3, -0.25) is 19.2 Å². The maximum atomic E-state index is 12.8. The first-order valence-electron chi connectivity index (χ1n) is 10.8. The third kappa shape index (κ3) is 8.08. The molecule has 190 valence electrons. The lowest BCUT2D eigenvalue weighted by Crippen LogP contribution is -2.54. The highest BCUT2D eigenvalue weighted by Gasteiger charge is 2.28. The van der Waals surface area contributed by atoms with Crippen molar-refractivity contribution in [3.63, 3.8) is 0 Å². The number of carbonyl (C=O) groups excluding carboxylic acids is 3. The zero-order chi connectivity index (χ0) is 26.1. The number of carboxylic acid groups (broad SMARTS) is 2. The second kappa shape index (κ2) is 12.5. The lowest BCUT2D eigenvalue weighted by Gasteiger charge is -2.21. The highest BCUT2D eigenvalue weighted by Crippen LogP contribution is 2.19. The van der Waals surface area contributed by atoms with Gasteiger partial charge in [0.15, 0.2) is 0 Å². The van der Waals surface area contributed by atoms with Crippen LogP contribution >= 0.6 is 0 Å². The average Bonchev–Trinajstić information content (AvgIpc) is 3.21. The number of benzene rings is 1. The third-order valence-electron chi connectivity index (χ3n) is 5.26. The topological polar surface area (TPSA) is 224 Å². The predicted molar refractivity (Wildman–Crippen MR) is 123 cm³/mol. The Balaban J connectivity index is 2.07. The number of aliphatic carboxylic acids is 2. The molecule has 0 saturated carbocycles. The van der Waals surface area contributed by atoms with Gasteiger partial charge in [-0.2, -0.15) is 0 Å².